The lowest BCUT2D eigenvalue weighted by Gasteiger charge is -2.24. The fraction of sp³-hybridized carbons (Fsp3) is 0.588. The molecule has 0 unspecified atom stereocenters. The zero-order valence-electron chi connectivity index (χ0n) is 13.3. The van der Waals surface area contributed by atoms with Crippen LogP contribution in [-0.4, -0.2) is 9.55 Å². The van der Waals surface area contributed by atoms with Gasteiger partial charge in [0.15, 0.2) is 0 Å². The Balaban J connectivity index is 2.87. The molecule has 2 aromatic rings. The van der Waals surface area contributed by atoms with E-state index in [0.29, 0.717) is 0 Å². The topological polar surface area (TPSA) is 17.8 Å². The first kappa shape index (κ1) is 14.1. The number of rotatable bonds is 1. The standard InChI is InChI=1S/C17H26N2/c1-8-12-11-19(17(5,6)7)13-9-10-18-15(14(12)13)16(2,3)4/h9-11H,8H2,1-7H3. The van der Waals surface area contributed by atoms with Crippen LogP contribution >= 0.6 is 0 Å². The summed E-state index contributed by atoms with van der Waals surface area (Å²) in [6.07, 6.45) is 5.31. The molecule has 2 rings (SSSR count). The van der Waals surface area contributed by atoms with E-state index in [1.165, 1.54) is 22.2 Å². The zero-order chi connectivity index (χ0) is 14.4. The van der Waals surface area contributed by atoms with Gasteiger partial charge in [-0.05, 0) is 38.8 Å². The summed E-state index contributed by atoms with van der Waals surface area (Å²) in [5.74, 6) is 0. The molecule has 0 aliphatic carbocycles. The Morgan fingerprint density at radius 1 is 1.11 bits per heavy atom. The van der Waals surface area contributed by atoms with Crippen molar-refractivity contribution in [2.24, 2.45) is 0 Å². The summed E-state index contributed by atoms with van der Waals surface area (Å²) < 4.78 is 2.39. The second-order valence-corrected chi connectivity index (χ2v) is 7.35. The molecule has 0 aromatic carbocycles. The van der Waals surface area contributed by atoms with E-state index in [0.717, 1.165) is 6.42 Å². The predicted octanol–water partition coefficient (Wildman–Crippen LogP) is 4.65. The maximum atomic E-state index is 4.67. The Hall–Kier alpha value is -1.31. The van der Waals surface area contributed by atoms with Crippen molar-refractivity contribution in [1.29, 1.82) is 0 Å². The molecule has 0 saturated carbocycles. The normalized spacial score (nSPS) is 13.2. The summed E-state index contributed by atoms with van der Waals surface area (Å²) in [5.41, 5.74) is 4.10. The van der Waals surface area contributed by atoms with Crippen molar-refractivity contribution in [2.45, 2.75) is 65.8 Å². The van der Waals surface area contributed by atoms with Gasteiger partial charge in [0, 0.05) is 28.7 Å². The van der Waals surface area contributed by atoms with E-state index in [4.69, 9.17) is 0 Å². The van der Waals surface area contributed by atoms with E-state index < -0.39 is 0 Å². The number of aryl methyl sites for hydroxylation is 1. The minimum Gasteiger partial charge on any atom is -0.342 e. The maximum Gasteiger partial charge on any atom is 0.0553 e. The Bertz CT molecular complexity index is 592. The second-order valence-electron chi connectivity index (χ2n) is 7.35. The van der Waals surface area contributed by atoms with Gasteiger partial charge >= 0.3 is 0 Å². The molecule has 2 heterocycles. The van der Waals surface area contributed by atoms with Gasteiger partial charge in [0.25, 0.3) is 0 Å². The highest BCUT2D eigenvalue weighted by atomic mass is 15.0. The van der Waals surface area contributed by atoms with Gasteiger partial charge in [-0.3, -0.25) is 4.98 Å². The van der Waals surface area contributed by atoms with Crippen LogP contribution in [0.5, 0.6) is 0 Å². The third-order valence-corrected chi connectivity index (χ3v) is 3.61. The van der Waals surface area contributed by atoms with E-state index in [1.807, 2.05) is 6.20 Å². The van der Waals surface area contributed by atoms with Gasteiger partial charge in [-0.2, -0.15) is 0 Å². The summed E-state index contributed by atoms with van der Waals surface area (Å²) >= 11 is 0. The monoisotopic (exact) mass is 258 g/mol. The first-order valence-corrected chi connectivity index (χ1v) is 7.16. The van der Waals surface area contributed by atoms with Crippen LogP contribution < -0.4 is 0 Å². The largest absolute Gasteiger partial charge is 0.342 e. The van der Waals surface area contributed by atoms with Gasteiger partial charge in [0.05, 0.1) is 11.2 Å². The molecule has 0 radical (unpaired) electrons. The molecule has 0 fully saturated rings. The van der Waals surface area contributed by atoms with E-state index >= 15 is 0 Å². The molecule has 2 heteroatoms. The minimum atomic E-state index is 0.0769. The highest BCUT2D eigenvalue weighted by Gasteiger charge is 2.24. The Kier molecular flexibility index (Phi) is 3.24. The average molecular weight is 258 g/mol. The van der Waals surface area contributed by atoms with Crippen LogP contribution in [0.1, 0.15) is 59.7 Å². The first-order valence-electron chi connectivity index (χ1n) is 7.16. The Morgan fingerprint density at radius 3 is 2.21 bits per heavy atom. The number of hydrogen-bond acceptors (Lipinski definition) is 1. The average Bonchev–Trinajstić information content (AvgIpc) is 2.65. The van der Waals surface area contributed by atoms with Crippen molar-refractivity contribution >= 4 is 10.9 Å². The lowest BCUT2D eigenvalue weighted by atomic mass is 9.88. The number of fused-ring (bicyclic) bond motifs is 1. The van der Waals surface area contributed by atoms with Crippen molar-refractivity contribution in [1.82, 2.24) is 9.55 Å². The third kappa shape index (κ3) is 2.41. The van der Waals surface area contributed by atoms with Crippen LogP contribution in [0.4, 0.5) is 0 Å². The SMILES string of the molecule is CCc1cn(C(C)(C)C)c2ccnc(C(C)(C)C)c12. The molecule has 0 aliphatic rings. The fourth-order valence-electron chi connectivity index (χ4n) is 2.65. The summed E-state index contributed by atoms with van der Waals surface area (Å²) in [5, 5.41) is 1.35. The van der Waals surface area contributed by atoms with E-state index in [-0.39, 0.29) is 11.0 Å². The molecule has 0 atom stereocenters. The lowest BCUT2D eigenvalue weighted by molar-refractivity contribution is 0.410. The highest BCUT2D eigenvalue weighted by Crippen LogP contribution is 2.34. The second kappa shape index (κ2) is 4.36. The number of aromatic nitrogens is 2. The van der Waals surface area contributed by atoms with Gasteiger partial charge in [0.2, 0.25) is 0 Å². The predicted molar refractivity (Wildman–Crippen MR) is 82.8 cm³/mol. The van der Waals surface area contributed by atoms with Crippen LogP contribution in [0.15, 0.2) is 18.5 Å². The molecule has 0 saturated heterocycles. The van der Waals surface area contributed by atoms with Crippen molar-refractivity contribution in [2.75, 3.05) is 0 Å². The Morgan fingerprint density at radius 2 is 1.74 bits per heavy atom. The molecule has 0 spiro atoms. The molecular weight excluding hydrogens is 232 g/mol. The zero-order valence-corrected chi connectivity index (χ0v) is 13.3. The van der Waals surface area contributed by atoms with Gasteiger partial charge in [0.1, 0.15) is 0 Å². The lowest BCUT2D eigenvalue weighted by Crippen LogP contribution is -2.21. The van der Waals surface area contributed by atoms with Gasteiger partial charge in [-0.1, -0.05) is 27.7 Å². The summed E-state index contributed by atoms with van der Waals surface area (Å²) in [7, 11) is 0. The molecule has 0 aliphatic heterocycles. The van der Waals surface area contributed by atoms with Gasteiger partial charge in [-0.15, -0.1) is 0 Å². The molecule has 0 amide bonds. The van der Waals surface area contributed by atoms with E-state index in [2.05, 4.69) is 70.3 Å². The van der Waals surface area contributed by atoms with Crippen molar-refractivity contribution in [3.8, 4) is 0 Å². The van der Waals surface area contributed by atoms with E-state index in [1.54, 1.807) is 0 Å². The number of hydrogen-bond donors (Lipinski definition) is 0. The molecule has 104 valence electrons. The van der Waals surface area contributed by atoms with Crippen LogP contribution in [0.3, 0.4) is 0 Å². The maximum absolute atomic E-state index is 4.67. The molecule has 2 nitrogen and oxygen atoms in total. The van der Waals surface area contributed by atoms with Crippen LogP contribution in [-0.2, 0) is 17.4 Å². The Labute approximate surface area is 116 Å². The highest BCUT2D eigenvalue weighted by molar-refractivity contribution is 5.87. The third-order valence-electron chi connectivity index (χ3n) is 3.61. The smallest absolute Gasteiger partial charge is 0.0553 e. The fourth-order valence-corrected chi connectivity index (χ4v) is 2.65. The first-order chi connectivity index (χ1) is 8.66. The van der Waals surface area contributed by atoms with E-state index in [9.17, 15) is 0 Å². The molecular formula is C17H26N2. The van der Waals surface area contributed by atoms with Crippen molar-refractivity contribution in [3.05, 3.63) is 29.7 Å². The van der Waals surface area contributed by atoms with Crippen LogP contribution in [0, 0.1) is 0 Å². The molecule has 0 N–H and O–H groups in total. The number of pyridine rings is 1. The number of nitrogens with zero attached hydrogens (tertiary/aromatic N) is 2. The van der Waals surface area contributed by atoms with Crippen LogP contribution in [0.2, 0.25) is 0 Å². The van der Waals surface area contributed by atoms with Crippen molar-refractivity contribution < 1.29 is 0 Å². The summed E-state index contributed by atoms with van der Waals surface area (Å²) in [6.45, 7) is 15.7. The van der Waals surface area contributed by atoms with Crippen LogP contribution in [0.25, 0.3) is 10.9 Å². The van der Waals surface area contributed by atoms with Gasteiger partial charge < -0.3 is 4.57 Å². The summed E-state index contributed by atoms with van der Waals surface area (Å²) in [4.78, 5) is 4.67. The molecule has 19 heavy (non-hydrogen) atoms. The molecule has 0 bridgehead atoms. The summed E-state index contributed by atoms with van der Waals surface area (Å²) in [6, 6.07) is 2.15. The minimum absolute atomic E-state index is 0.0769. The van der Waals surface area contributed by atoms with Crippen molar-refractivity contribution in [3.63, 3.8) is 0 Å². The quantitative estimate of drug-likeness (QED) is 0.728. The van der Waals surface area contributed by atoms with Gasteiger partial charge in [-0.25, -0.2) is 0 Å². The molecule has 2 aromatic heterocycles.